The summed E-state index contributed by atoms with van der Waals surface area (Å²) in [5, 5.41) is 4.26. The van der Waals surface area contributed by atoms with Crippen LogP contribution < -0.4 is 15.6 Å². The number of hydrogen-bond acceptors (Lipinski definition) is 3. The van der Waals surface area contributed by atoms with Crippen LogP contribution in [-0.4, -0.2) is 17.6 Å². The highest BCUT2D eigenvalue weighted by molar-refractivity contribution is 5.92. The van der Waals surface area contributed by atoms with E-state index in [0.717, 1.165) is 16.6 Å². The molecular weight excluding hydrogens is 328 g/mol. The summed E-state index contributed by atoms with van der Waals surface area (Å²) in [6.45, 7) is 4.12. The van der Waals surface area contributed by atoms with Crippen LogP contribution in [0, 0.1) is 0 Å². The van der Waals surface area contributed by atoms with Gasteiger partial charge in [-0.25, -0.2) is 0 Å². The molecular formula is C21H22N2O3. The number of para-hydroxylation sites is 1. The average molecular weight is 350 g/mol. The smallest absolute Gasteiger partial charge is 0.258 e. The molecule has 0 radical (unpaired) electrons. The molecule has 0 spiro atoms. The maximum atomic E-state index is 12.6. The number of anilines is 1. The molecule has 0 bridgehead atoms. The first-order valence-electron chi connectivity index (χ1n) is 8.55. The zero-order valence-electron chi connectivity index (χ0n) is 15.2. The topological polar surface area (TPSA) is 60.3 Å². The SMILES string of the molecule is COc1ccc2c(=O)n(CC(=O)Nc3ccccc3C(C)C)ccc2c1. The first-order valence-corrected chi connectivity index (χ1v) is 8.55. The van der Waals surface area contributed by atoms with Gasteiger partial charge in [-0.1, -0.05) is 32.0 Å². The minimum Gasteiger partial charge on any atom is -0.497 e. The standard InChI is InChI=1S/C21H22N2O3/c1-14(2)17-6-4-5-7-19(17)22-20(24)13-23-11-10-15-12-16(26-3)8-9-18(15)21(23)25/h4-12,14H,13H2,1-3H3,(H,22,24). The molecule has 1 heterocycles. The van der Waals surface area contributed by atoms with Crippen molar-refractivity contribution in [3.05, 3.63) is 70.6 Å². The van der Waals surface area contributed by atoms with Gasteiger partial charge in [0.15, 0.2) is 0 Å². The number of methoxy groups -OCH3 is 1. The molecule has 3 rings (SSSR count). The van der Waals surface area contributed by atoms with Crippen molar-refractivity contribution in [3.8, 4) is 5.75 Å². The van der Waals surface area contributed by atoms with Gasteiger partial charge in [0.1, 0.15) is 12.3 Å². The first-order chi connectivity index (χ1) is 12.5. The molecule has 1 aromatic heterocycles. The van der Waals surface area contributed by atoms with E-state index >= 15 is 0 Å². The number of hydrogen-bond donors (Lipinski definition) is 1. The number of ether oxygens (including phenoxy) is 1. The molecule has 0 aliphatic rings. The highest BCUT2D eigenvalue weighted by atomic mass is 16.5. The monoisotopic (exact) mass is 350 g/mol. The fourth-order valence-corrected chi connectivity index (χ4v) is 2.98. The van der Waals surface area contributed by atoms with E-state index in [4.69, 9.17) is 4.74 Å². The second-order valence-electron chi connectivity index (χ2n) is 6.49. The van der Waals surface area contributed by atoms with E-state index in [1.54, 1.807) is 31.5 Å². The Morgan fingerprint density at radius 1 is 1.15 bits per heavy atom. The van der Waals surface area contributed by atoms with Crippen LogP contribution in [0.3, 0.4) is 0 Å². The van der Waals surface area contributed by atoms with Crippen molar-refractivity contribution in [2.24, 2.45) is 0 Å². The Morgan fingerprint density at radius 3 is 2.65 bits per heavy atom. The van der Waals surface area contributed by atoms with Gasteiger partial charge in [-0.2, -0.15) is 0 Å². The normalized spacial score (nSPS) is 10.9. The number of benzene rings is 2. The summed E-state index contributed by atoms with van der Waals surface area (Å²) in [6.07, 6.45) is 1.64. The Morgan fingerprint density at radius 2 is 1.92 bits per heavy atom. The second kappa shape index (κ2) is 7.44. The van der Waals surface area contributed by atoms with Crippen LogP contribution in [0.1, 0.15) is 25.3 Å². The molecule has 3 aromatic rings. The number of carbonyl (C=O) groups excluding carboxylic acids is 1. The molecule has 1 amide bonds. The Labute approximate surface area is 152 Å². The minimum atomic E-state index is -0.229. The van der Waals surface area contributed by atoms with E-state index in [1.807, 2.05) is 30.3 Å². The predicted molar refractivity (Wildman–Crippen MR) is 104 cm³/mol. The van der Waals surface area contributed by atoms with Gasteiger partial charge in [0.25, 0.3) is 5.56 Å². The van der Waals surface area contributed by atoms with E-state index in [0.29, 0.717) is 17.1 Å². The summed E-state index contributed by atoms with van der Waals surface area (Å²) in [4.78, 5) is 25.1. The fraction of sp³-hybridized carbons (Fsp3) is 0.238. The number of fused-ring (bicyclic) bond motifs is 1. The van der Waals surface area contributed by atoms with Crippen LogP contribution in [-0.2, 0) is 11.3 Å². The summed E-state index contributed by atoms with van der Waals surface area (Å²) < 4.78 is 6.60. The Bertz CT molecular complexity index is 1010. The van der Waals surface area contributed by atoms with E-state index in [-0.39, 0.29) is 18.0 Å². The third-order valence-corrected chi connectivity index (χ3v) is 4.35. The number of aromatic nitrogens is 1. The third kappa shape index (κ3) is 3.61. The van der Waals surface area contributed by atoms with Gasteiger partial charge in [-0.15, -0.1) is 0 Å². The first kappa shape index (κ1) is 17.7. The largest absolute Gasteiger partial charge is 0.497 e. The summed E-state index contributed by atoms with van der Waals surface area (Å²) in [7, 11) is 1.59. The summed E-state index contributed by atoms with van der Waals surface area (Å²) >= 11 is 0. The lowest BCUT2D eigenvalue weighted by atomic mass is 10.0. The number of nitrogens with zero attached hydrogens (tertiary/aromatic N) is 1. The van der Waals surface area contributed by atoms with E-state index in [2.05, 4.69) is 19.2 Å². The Balaban J connectivity index is 1.84. The molecule has 0 aliphatic carbocycles. The second-order valence-corrected chi connectivity index (χ2v) is 6.49. The average Bonchev–Trinajstić information content (AvgIpc) is 2.64. The lowest BCUT2D eigenvalue weighted by molar-refractivity contribution is -0.116. The van der Waals surface area contributed by atoms with Gasteiger partial charge in [0.2, 0.25) is 5.91 Å². The molecule has 2 aromatic carbocycles. The molecule has 0 aliphatic heterocycles. The van der Waals surface area contributed by atoms with Crippen LogP contribution in [0.25, 0.3) is 10.8 Å². The lowest BCUT2D eigenvalue weighted by Crippen LogP contribution is -2.27. The van der Waals surface area contributed by atoms with Crippen molar-refractivity contribution in [2.45, 2.75) is 26.3 Å². The molecule has 134 valence electrons. The van der Waals surface area contributed by atoms with Gasteiger partial charge in [-0.05, 0) is 47.2 Å². The lowest BCUT2D eigenvalue weighted by Gasteiger charge is -2.14. The summed E-state index contributed by atoms with van der Waals surface area (Å²) in [5.74, 6) is 0.760. The number of pyridine rings is 1. The highest BCUT2D eigenvalue weighted by Gasteiger charge is 2.11. The van der Waals surface area contributed by atoms with Crippen LogP contribution in [0.2, 0.25) is 0 Å². The molecule has 5 nitrogen and oxygen atoms in total. The van der Waals surface area contributed by atoms with Gasteiger partial charge < -0.3 is 14.6 Å². The Kier molecular flexibility index (Phi) is 5.07. The maximum Gasteiger partial charge on any atom is 0.258 e. The molecule has 1 N–H and O–H groups in total. The quantitative estimate of drug-likeness (QED) is 0.762. The van der Waals surface area contributed by atoms with E-state index in [9.17, 15) is 9.59 Å². The summed E-state index contributed by atoms with van der Waals surface area (Å²) in [6, 6.07) is 14.8. The third-order valence-electron chi connectivity index (χ3n) is 4.35. The zero-order valence-corrected chi connectivity index (χ0v) is 15.2. The van der Waals surface area contributed by atoms with Crippen LogP contribution >= 0.6 is 0 Å². The number of amides is 1. The van der Waals surface area contributed by atoms with Crippen LogP contribution in [0.15, 0.2) is 59.5 Å². The summed E-state index contributed by atoms with van der Waals surface area (Å²) in [5.41, 5.74) is 1.65. The molecule has 26 heavy (non-hydrogen) atoms. The number of carbonyl (C=O) groups is 1. The maximum absolute atomic E-state index is 12.6. The van der Waals surface area contributed by atoms with Crippen molar-refractivity contribution in [3.63, 3.8) is 0 Å². The van der Waals surface area contributed by atoms with E-state index < -0.39 is 0 Å². The van der Waals surface area contributed by atoms with Crippen molar-refractivity contribution in [1.82, 2.24) is 4.57 Å². The van der Waals surface area contributed by atoms with Crippen molar-refractivity contribution >= 4 is 22.4 Å². The van der Waals surface area contributed by atoms with Crippen molar-refractivity contribution in [1.29, 1.82) is 0 Å². The van der Waals surface area contributed by atoms with Crippen molar-refractivity contribution < 1.29 is 9.53 Å². The van der Waals surface area contributed by atoms with Crippen molar-refractivity contribution in [2.75, 3.05) is 12.4 Å². The number of nitrogens with one attached hydrogen (secondary N) is 1. The van der Waals surface area contributed by atoms with Crippen LogP contribution in [0.5, 0.6) is 5.75 Å². The Hall–Kier alpha value is -3.08. The molecule has 0 fully saturated rings. The van der Waals surface area contributed by atoms with Gasteiger partial charge in [0.05, 0.1) is 7.11 Å². The fourth-order valence-electron chi connectivity index (χ4n) is 2.98. The molecule has 0 unspecified atom stereocenters. The predicted octanol–water partition coefficient (Wildman–Crippen LogP) is 3.77. The van der Waals surface area contributed by atoms with Gasteiger partial charge in [-0.3, -0.25) is 9.59 Å². The highest BCUT2D eigenvalue weighted by Crippen LogP contribution is 2.23. The number of rotatable bonds is 5. The minimum absolute atomic E-state index is 0.0345. The molecule has 0 saturated heterocycles. The van der Waals surface area contributed by atoms with Crippen LogP contribution in [0.4, 0.5) is 5.69 Å². The van der Waals surface area contributed by atoms with Gasteiger partial charge in [0, 0.05) is 17.3 Å². The molecule has 0 saturated carbocycles. The van der Waals surface area contributed by atoms with E-state index in [1.165, 1.54) is 4.57 Å². The van der Waals surface area contributed by atoms with Gasteiger partial charge >= 0.3 is 0 Å². The molecule has 0 atom stereocenters. The molecule has 5 heteroatoms. The zero-order chi connectivity index (χ0) is 18.7.